The summed E-state index contributed by atoms with van der Waals surface area (Å²) in [7, 11) is 0. The van der Waals surface area contributed by atoms with Crippen LogP contribution < -0.4 is 0 Å². The van der Waals surface area contributed by atoms with Crippen LogP contribution in [0.2, 0.25) is 0 Å². The van der Waals surface area contributed by atoms with Crippen LogP contribution in [0.5, 0.6) is 0 Å². The largest absolute Gasteiger partial charge is 0.478 e. The van der Waals surface area contributed by atoms with E-state index in [1.807, 2.05) is 30.3 Å². The Hall–Kier alpha value is -2.36. The molecule has 4 nitrogen and oxygen atoms in total. The summed E-state index contributed by atoms with van der Waals surface area (Å²) in [6, 6.07) is 9.41. The Labute approximate surface area is 91.9 Å². The topological polar surface area (TPSA) is 63.3 Å². The van der Waals surface area contributed by atoms with E-state index in [-0.39, 0.29) is 0 Å². The first-order valence-electron chi connectivity index (χ1n) is 4.68. The third-order valence-corrected chi connectivity index (χ3v) is 1.93. The normalized spacial score (nSPS) is 10.8. The molecule has 0 fully saturated rings. The van der Waals surface area contributed by atoms with Crippen molar-refractivity contribution in [3.05, 3.63) is 48.4 Å². The van der Waals surface area contributed by atoms with Crippen molar-refractivity contribution in [3.63, 3.8) is 0 Å². The van der Waals surface area contributed by atoms with Gasteiger partial charge in [-0.25, -0.2) is 9.78 Å². The maximum Gasteiger partial charge on any atom is 0.328 e. The maximum absolute atomic E-state index is 10.3. The van der Waals surface area contributed by atoms with Crippen LogP contribution in [0.1, 0.15) is 5.76 Å². The summed E-state index contributed by atoms with van der Waals surface area (Å²) in [4.78, 5) is 14.4. The third-order valence-electron chi connectivity index (χ3n) is 1.93. The van der Waals surface area contributed by atoms with Gasteiger partial charge in [-0.3, -0.25) is 0 Å². The molecule has 1 aromatic heterocycles. The molecule has 2 aromatic rings. The minimum absolute atomic E-state index is 0.418. The molecular formula is C12H9NO3. The lowest BCUT2D eigenvalue weighted by molar-refractivity contribution is -0.131. The Kier molecular flexibility index (Phi) is 2.82. The summed E-state index contributed by atoms with van der Waals surface area (Å²) < 4.78 is 5.36. The highest BCUT2D eigenvalue weighted by Gasteiger charge is 2.03. The maximum atomic E-state index is 10.3. The number of aliphatic carboxylic acids is 1. The van der Waals surface area contributed by atoms with E-state index in [1.165, 1.54) is 12.3 Å². The highest BCUT2D eigenvalue weighted by atomic mass is 16.4. The van der Waals surface area contributed by atoms with Crippen molar-refractivity contribution in [2.45, 2.75) is 0 Å². The molecule has 16 heavy (non-hydrogen) atoms. The summed E-state index contributed by atoms with van der Waals surface area (Å²) in [5, 5.41) is 8.45. The first-order chi connectivity index (χ1) is 7.75. The highest BCUT2D eigenvalue weighted by Crippen LogP contribution is 2.18. The second-order valence-corrected chi connectivity index (χ2v) is 3.11. The Morgan fingerprint density at radius 3 is 2.75 bits per heavy atom. The Balaban J connectivity index is 2.23. The van der Waals surface area contributed by atoms with Crippen LogP contribution >= 0.6 is 0 Å². The van der Waals surface area contributed by atoms with E-state index in [2.05, 4.69) is 4.98 Å². The van der Waals surface area contributed by atoms with Crippen molar-refractivity contribution in [3.8, 4) is 11.5 Å². The van der Waals surface area contributed by atoms with Gasteiger partial charge in [-0.2, -0.15) is 0 Å². The first kappa shape index (κ1) is 10.2. The standard InChI is InChI=1S/C12H9NO3/c14-11(15)7-6-10-8-13-12(16-10)9-4-2-1-3-5-9/h1-8H,(H,14,15)/b7-6-. The highest BCUT2D eigenvalue weighted by molar-refractivity contribution is 5.84. The molecule has 0 aliphatic heterocycles. The zero-order valence-electron chi connectivity index (χ0n) is 8.33. The first-order valence-corrected chi connectivity index (χ1v) is 4.68. The summed E-state index contributed by atoms with van der Waals surface area (Å²) in [6.45, 7) is 0. The molecule has 0 aliphatic rings. The number of carboxylic acid groups (broad SMARTS) is 1. The van der Waals surface area contributed by atoms with Crippen molar-refractivity contribution >= 4 is 12.0 Å². The van der Waals surface area contributed by atoms with Crippen molar-refractivity contribution in [2.24, 2.45) is 0 Å². The molecule has 0 spiro atoms. The van der Waals surface area contributed by atoms with Gasteiger partial charge in [0, 0.05) is 11.6 Å². The van der Waals surface area contributed by atoms with Gasteiger partial charge in [-0.1, -0.05) is 18.2 Å². The van der Waals surface area contributed by atoms with E-state index < -0.39 is 5.97 Å². The monoisotopic (exact) mass is 215 g/mol. The molecule has 1 N–H and O–H groups in total. The summed E-state index contributed by atoms with van der Waals surface area (Å²) in [6.07, 6.45) is 3.86. The molecule has 4 heteroatoms. The van der Waals surface area contributed by atoms with E-state index in [9.17, 15) is 4.79 Å². The zero-order valence-corrected chi connectivity index (χ0v) is 8.33. The summed E-state index contributed by atoms with van der Waals surface area (Å²) >= 11 is 0. The third kappa shape index (κ3) is 2.36. The molecule has 1 heterocycles. The number of carboxylic acids is 1. The van der Waals surface area contributed by atoms with E-state index >= 15 is 0 Å². The van der Waals surface area contributed by atoms with Gasteiger partial charge in [0.25, 0.3) is 0 Å². The van der Waals surface area contributed by atoms with Gasteiger partial charge in [0.2, 0.25) is 5.89 Å². The SMILES string of the molecule is O=C(O)/C=C\c1cnc(-c2ccccc2)o1. The fraction of sp³-hybridized carbons (Fsp3) is 0. The number of hydrogen-bond acceptors (Lipinski definition) is 3. The van der Waals surface area contributed by atoms with Crippen molar-refractivity contribution in [2.75, 3.05) is 0 Å². The number of carbonyl (C=O) groups is 1. The van der Waals surface area contributed by atoms with E-state index in [1.54, 1.807) is 0 Å². The fourth-order valence-electron chi connectivity index (χ4n) is 1.23. The average molecular weight is 215 g/mol. The average Bonchev–Trinajstić information content (AvgIpc) is 2.76. The van der Waals surface area contributed by atoms with Gasteiger partial charge >= 0.3 is 5.97 Å². The van der Waals surface area contributed by atoms with Crippen LogP contribution in [-0.4, -0.2) is 16.1 Å². The number of aromatic nitrogens is 1. The minimum atomic E-state index is -1.02. The molecule has 1 aromatic carbocycles. The lowest BCUT2D eigenvalue weighted by Crippen LogP contribution is -1.84. The molecule has 0 atom stereocenters. The van der Waals surface area contributed by atoms with Gasteiger partial charge in [0.05, 0.1) is 6.20 Å². The molecule has 0 saturated heterocycles. The zero-order chi connectivity index (χ0) is 11.4. The van der Waals surface area contributed by atoms with E-state index in [4.69, 9.17) is 9.52 Å². The van der Waals surface area contributed by atoms with Gasteiger partial charge in [0.1, 0.15) is 5.76 Å². The van der Waals surface area contributed by atoms with Crippen molar-refractivity contribution in [1.29, 1.82) is 0 Å². The lowest BCUT2D eigenvalue weighted by atomic mass is 10.2. The summed E-state index contributed by atoms with van der Waals surface area (Å²) in [5.41, 5.74) is 0.859. The molecule has 80 valence electrons. The molecule has 0 radical (unpaired) electrons. The van der Waals surface area contributed by atoms with Crippen LogP contribution in [0.25, 0.3) is 17.5 Å². The van der Waals surface area contributed by atoms with Crippen molar-refractivity contribution in [1.82, 2.24) is 4.98 Å². The van der Waals surface area contributed by atoms with Crippen LogP contribution in [0.4, 0.5) is 0 Å². The van der Waals surface area contributed by atoms with Gasteiger partial charge in [-0.15, -0.1) is 0 Å². The number of hydrogen-bond donors (Lipinski definition) is 1. The van der Waals surface area contributed by atoms with Gasteiger partial charge in [0.15, 0.2) is 0 Å². The van der Waals surface area contributed by atoms with Crippen LogP contribution in [0.15, 0.2) is 47.0 Å². The number of benzene rings is 1. The predicted octanol–water partition coefficient (Wildman–Crippen LogP) is 2.44. The smallest absolute Gasteiger partial charge is 0.328 e. The van der Waals surface area contributed by atoms with Crippen molar-refractivity contribution < 1.29 is 14.3 Å². The summed E-state index contributed by atoms with van der Waals surface area (Å²) in [5.74, 6) is -0.121. The Morgan fingerprint density at radius 2 is 2.06 bits per heavy atom. The predicted molar refractivity (Wildman–Crippen MR) is 58.6 cm³/mol. The molecule has 0 amide bonds. The number of oxazole rings is 1. The van der Waals surface area contributed by atoms with Gasteiger partial charge < -0.3 is 9.52 Å². The molecular weight excluding hydrogens is 206 g/mol. The number of nitrogens with zero attached hydrogens (tertiary/aromatic N) is 1. The van der Waals surface area contributed by atoms with E-state index in [0.717, 1.165) is 11.6 Å². The second-order valence-electron chi connectivity index (χ2n) is 3.11. The number of rotatable bonds is 3. The van der Waals surface area contributed by atoms with Gasteiger partial charge in [-0.05, 0) is 18.2 Å². The Bertz CT molecular complexity index is 514. The molecule has 0 bridgehead atoms. The van der Waals surface area contributed by atoms with Crippen LogP contribution in [0, 0.1) is 0 Å². The second kappa shape index (κ2) is 4.44. The van der Waals surface area contributed by atoms with Crippen LogP contribution in [-0.2, 0) is 4.79 Å². The molecule has 0 aliphatic carbocycles. The minimum Gasteiger partial charge on any atom is -0.478 e. The lowest BCUT2D eigenvalue weighted by Gasteiger charge is -1.92. The Morgan fingerprint density at radius 1 is 1.31 bits per heavy atom. The van der Waals surface area contributed by atoms with Crippen LogP contribution in [0.3, 0.4) is 0 Å². The fourth-order valence-corrected chi connectivity index (χ4v) is 1.23. The molecule has 0 unspecified atom stereocenters. The quantitative estimate of drug-likeness (QED) is 0.798. The molecule has 2 rings (SSSR count). The van der Waals surface area contributed by atoms with E-state index in [0.29, 0.717) is 11.7 Å². The molecule has 0 saturated carbocycles.